The predicted molar refractivity (Wildman–Crippen MR) is 68.5 cm³/mol. The van der Waals surface area contributed by atoms with E-state index in [1.165, 1.54) is 32.1 Å². The van der Waals surface area contributed by atoms with Crippen LogP contribution in [0, 0.1) is 0 Å². The molecule has 1 N–H and O–H groups in total. The third-order valence-electron chi connectivity index (χ3n) is 3.31. The van der Waals surface area contributed by atoms with Crippen LogP contribution in [0.15, 0.2) is 18.3 Å². The van der Waals surface area contributed by atoms with Gasteiger partial charge in [0.15, 0.2) is 5.82 Å². The van der Waals surface area contributed by atoms with Crippen LogP contribution < -0.4 is 5.32 Å². The van der Waals surface area contributed by atoms with Crippen molar-refractivity contribution >= 4 is 22.9 Å². The molecule has 90 valence electrons. The summed E-state index contributed by atoms with van der Waals surface area (Å²) >= 11 is 5.92. The van der Waals surface area contributed by atoms with Gasteiger partial charge in [0.25, 0.3) is 0 Å². The number of halogens is 1. The summed E-state index contributed by atoms with van der Waals surface area (Å²) in [4.78, 5) is 4.29. The van der Waals surface area contributed by atoms with Gasteiger partial charge in [0, 0.05) is 12.2 Å². The molecule has 0 amide bonds. The Morgan fingerprint density at radius 3 is 2.94 bits per heavy atom. The summed E-state index contributed by atoms with van der Waals surface area (Å²) in [5.74, 6) is 0.849. The molecule has 1 aliphatic carbocycles. The first-order valence-electron chi connectivity index (χ1n) is 6.10. The lowest BCUT2D eigenvalue weighted by atomic mass is 9.95. The number of nitrogens with one attached hydrogen (secondary N) is 1. The molecular formula is C12H15ClN4. The topological polar surface area (TPSA) is 42.2 Å². The maximum atomic E-state index is 5.92. The van der Waals surface area contributed by atoms with Crippen molar-refractivity contribution in [2.75, 3.05) is 5.32 Å². The van der Waals surface area contributed by atoms with Gasteiger partial charge < -0.3 is 5.32 Å². The Hall–Kier alpha value is -1.29. The van der Waals surface area contributed by atoms with Crippen molar-refractivity contribution in [3.8, 4) is 0 Å². The van der Waals surface area contributed by atoms with E-state index < -0.39 is 0 Å². The van der Waals surface area contributed by atoms with Gasteiger partial charge in [-0.05, 0) is 36.6 Å². The van der Waals surface area contributed by atoms with Crippen molar-refractivity contribution in [2.24, 2.45) is 0 Å². The zero-order chi connectivity index (χ0) is 11.7. The molecule has 3 rings (SSSR count). The van der Waals surface area contributed by atoms with Gasteiger partial charge in [-0.15, -0.1) is 5.10 Å². The van der Waals surface area contributed by atoms with E-state index in [0.29, 0.717) is 6.04 Å². The molecule has 0 saturated heterocycles. The first-order chi connectivity index (χ1) is 8.33. The molecule has 2 aromatic heterocycles. The van der Waals surface area contributed by atoms with E-state index in [-0.39, 0.29) is 5.28 Å². The molecule has 4 nitrogen and oxygen atoms in total. The van der Waals surface area contributed by atoms with Gasteiger partial charge in [-0.2, -0.15) is 4.98 Å². The first kappa shape index (κ1) is 10.8. The van der Waals surface area contributed by atoms with E-state index in [1.807, 2.05) is 18.3 Å². The summed E-state index contributed by atoms with van der Waals surface area (Å²) in [6, 6.07) is 4.47. The lowest BCUT2D eigenvalue weighted by molar-refractivity contribution is 0.462. The van der Waals surface area contributed by atoms with E-state index in [4.69, 9.17) is 11.6 Å². The van der Waals surface area contributed by atoms with Gasteiger partial charge in [-0.25, -0.2) is 4.52 Å². The maximum absolute atomic E-state index is 5.92. The fourth-order valence-corrected chi connectivity index (χ4v) is 2.62. The van der Waals surface area contributed by atoms with E-state index in [0.717, 1.165) is 11.3 Å². The highest BCUT2D eigenvalue weighted by Crippen LogP contribution is 2.23. The highest BCUT2D eigenvalue weighted by molar-refractivity contribution is 6.28. The number of rotatable bonds is 2. The molecule has 17 heavy (non-hydrogen) atoms. The second-order valence-corrected chi connectivity index (χ2v) is 4.88. The Kier molecular flexibility index (Phi) is 2.89. The molecule has 0 radical (unpaired) electrons. The summed E-state index contributed by atoms with van der Waals surface area (Å²) in [6.45, 7) is 0. The molecule has 0 atom stereocenters. The van der Waals surface area contributed by atoms with E-state index >= 15 is 0 Å². The SMILES string of the molecule is Clc1nc(NC2CCCCC2)c2cccn2n1. The molecule has 2 heterocycles. The predicted octanol–water partition coefficient (Wildman–Crippen LogP) is 3.13. The molecule has 0 aliphatic heterocycles. The Morgan fingerprint density at radius 2 is 2.12 bits per heavy atom. The van der Waals surface area contributed by atoms with Crippen LogP contribution in [-0.2, 0) is 0 Å². The second kappa shape index (κ2) is 4.53. The highest BCUT2D eigenvalue weighted by Gasteiger charge is 2.15. The summed E-state index contributed by atoms with van der Waals surface area (Å²) in [5, 5.41) is 7.90. The van der Waals surface area contributed by atoms with Gasteiger partial charge in [0.05, 0.1) is 0 Å². The number of nitrogens with zero attached hydrogens (tertiary/aromatic N) is 3. The molecule has 0 unspecified atom stereocenters. The number of anilines is 1. The fourth-order valence-electron chi connectivity index (χ4n) is 2.45. The van der Waals surface area contributed by atoms with Crippen LogP contribution in [0.3, 0.4) is 0 Å². The summed E-state index contributed by atoms with van der Waals surface area (Å²) < 4.78 is 1.76. The first-order valence-corrected chi connectivity index (χ1v) is 6.48. The summed E-state index contributed by atoms with van der Waals surface area (Å²) in [5.41, 5.74) is 0.986. The summed E-state index contributed by atoms with van der Waals surface area (Å²) in [7, 11) is 0. The van der Waals surface area contributed by atoms with Gasteiger partial charge in [-0.1, -0.05) is 19.3 Å². The van der Waals surface area contributed by atoms with E-state index in [1.54, 1.807) is 4.52 Å². The van der Waals surface area contributed by atoms with Crippen LogP contribution in [0.1, 0.15) is 32.1 Å². The molecule has 2 aromatic rings. The van der Waals surface area contributed by atoms with E-state index in [9.17, 15) is 0 Å². The van der Waals surface area contributed by atoms with Crippen molar-refractivity contribution in [3.05, 3.63) is 23.6 Å². The molecule has 1 aliphatic rings. The van der Waals surface area contributed by atoms with Crippen molar-refractivity contribution in [1.82, 2.24) is 14.6 Å². The fraction of sp³-hybridized carbons (Fsp3) is 0.500. The Balaban J connectivity index is 1.90. The molecule has 0 aromatic carbocycles. The van der Waals surface area contributed by atoms with Gasteiger partial charge in [-0.3, -0.25) is 0 Å². The van der Waals surface area contributed by atoms with Crippen LogP contribution in [0.25, 0.3) is 5.52 Å². The number of hydrogen-bond donors (Lipinski definition) is 1. The molecular weight excluding hydrogens is 236 g/mol. The molecule has 5 heteroatoms. The van der Waals surface area contributed by atoms with Gasteiger partial charge >= 0.3 is 0 Å². The number of aromatic nitrogens is 3. The smallest absolute Gasteiger partial charge is 0.243 e. The lowest BCUT2D eigenvalue weighted by Crippen LogP contribution is -2.23. The lowest BCUT2D eigenvalue weighted by Gasteiger charge is -2.23. The van der Waals surface area contributed by atoms with Crippen molar-refractivity contribution in [3.63, 3.8) is 0 Å². The monoisotopic (exact) mass is 250 g/mol. The zero-order valence-electron chi connectivity index (χ0n) is 9.56. The van der Waals surface area contributed by atoms with Crippen LogP contribution in [0.5, 0.6) is 0 Å². The van der Waals surface area contributed by atoms with Crippen molar-refractivity contribution < 1.29 is 0 Å². The second-order valence-electron chi connectivity index (χ2n) is 4.55. The maximum Gasteiger partial charge on any atom is 0.243 e. The number of fused-ring (bicyclic) bond motifs is 1. The average Bonchev–Trinajstić information content (AvgIpc) is 2.78. The van der Waals surface area contributed by atoms with Crippen molar-refractivity contribution in [1.29, 1.82) is 0 Å². The highest BCUT2D eigenvalue weighted by atomic mass is 35.5. The Bertz CT molecular complexity index is 516. The molecule has 0 bridgehead atoms. The number of hydrogen-bond acceptors (Lipinski definition) is 3. The van der Waals surface area contributed by atoms with Gasteiger partial charge in [0.1, 0.15) is 5.52 Å². The summed E-state index contributed by atoms with van der Waals surface area (Å²) in [6.07, 6.45) is 8.27. The Labute approximate surface area is 105 Å². The van der Waals surface area contributed by atoms with Crippen LogP contribution >= 0.6 is 11.6 Å². The molecule has 1 saturated carbocycles. The minimum absolute atomic E-state index is 0.284. The third kappa shape index (κ3) is 2.22. The average molecular weight is 251 g/mol. The molecule has 1 fully saturated rings. The van der Waals surface area contributed by atoms with Crippen LogP contribution in [0.2, 0.25) is 5.28 Å². The standard InChI is InChI=1S/C12H15ClN4/c13-12-15-11(10-7-4-8-17(10)16-12)14-9-5-2-1-3-6-9/h4,7-9H,1-3,5-6H2,(H,14,15,16). The van der Waals surface area contributed by atoms with Crippen molar-refractivity contribution in [2.45, 2.75) is 38.1 Å². The molecule has 0 spiro atoms. The zero-order valence-corrected chi connectivity index (χ0v) is 10.3. The normalized spacial score (nSPS) is 17.5. The van der Waals surface area contributed by atoms with Gasteiger partial charge in [0.2, 0.25) is 5.28 Å². The quantitative estimate of drug-likeness (QED) is 0.891. The van der Waals surface area contributed by atoms with E-state index in [2.05, 4.69) is 15.4 Å². The van der Waals surface area contributed by atoms with Crippen LogP contribution in [-0.4, -0.2) is 20.6 Å². The third-order valence-corrected chi connectivity index (χ3v) is 3.47. The van der Waals surface area contributed by atoms with Crippen LogP contribution in [0.4, 0.5) is 5.82 Å². The minimum Gasteiger partial charge on any atom is -0.365 e. The largest absolute Gasteiger partial charge is 0.365 e. The Morgan fingerprint density at radius 1 is 1.29 bits per heavy atom. The minimum atomic E-state index is 0.284.